The van der Waals surface area contributed by atoms with Gasteiger partial charge in [-0.3, -0.25) is 4.99 Å². The van der Waals surface area contributed by atoms with E-state index in [0.29, 0.717) is 0 Å². The zero-order valence-electron chi connectivity index (χ0n) is 12.1. The van der Waals surface area contributed by atoms with Crippen molar-refractivity contribution in [2.75, 3.05) is 0 Å². The minimum atomic E-state index is 0.739. The van der Waals surface area contributed by atoms with Gasteiger partial charge >= 0.3 is 0 Å². The number of pyridine rings is 1. The van der Waals surface area contributed by atoms with Crippen LogP contribution in [0.25, 0.3) is 10.2 Å². The fourth-order valence-electron chi connectivity index (χ4n) is 2.62. The second-order valence-electron chi connectivity index (χ2n) is 5.36. The van der Waals surface area contributed by atoms with Gasteiger partial charge in [0.1, 0.15) is 10.7 Å². The van der Waals surface area contributed by atoms with Gasteiger partial charge in [-0.2, -0.15) is 0 Å². The minimum absolute atomic E-state index is 0.739. The van der Waals surface area contributed by atoms with Crippen LogP contribution in [-0.2, 0) is 13.1 Å². The monoisotopic (exact) mass is 327 g/mol. The van der Waals surface area contributed by atoms with Crippen LogP contribution in [0.3, 0.4) is 0 Å². The molecule has 5 heteroatoms. The first-order valence-electron chi connectivity index (χ1n) is 7.13. The standard InChI is InChI=1S/C17H14ClN3S/c1-10-2-7-13-14-9-20-16(15(14)22-17(13)21-10)19-8-11-3-5-12(18)6-4-11/h2-7H,8-9H2,1H3,(H,19,20). The van der Waals surface area contributed by atoms with Crippen LogP contribution in [0.1, 0.15) is 21.7 Å². The average molecular weight is 328 g/mol. The van der Waals surface area contributed by atoms with Crippen LogP contribution in [0.4, 0.5) is 0 Å². The summed E-state index contributed by atoms with van der Waals surface area (Å²) < 4.78 is 0. The van der Waals surface area contributed by atoms with E-state index in [-0.39, 0.29) is 0 Å². The number of benzene rings is 1. The lowest BCUT2D eigenvalue weighted by atomic mass is 10.2. The number of aromatic nitrogens is 1. The molecule has 0 amide bonds. The summed E-state index contributed by atoms with van der Waals surface area (Å²) in [7, 11) is 0. The number of aryl methyl sites for hydroxylation is 1. The Labute approximate surface area is 137 Å². The van der Waals surface area contributed by atoms with Crippen molar-refractivity contribution in [3.63, 3.8) is 0 Å². The molecule has 0 bridgehead atoms. The van der Waals surface area contributed by atoms with Gasteiger partial charge in [0.25, 0.3) is 0 Å². The van der Waals surface area contributed by atoms with Crippen LogP contribution in [0.5, 0.6) is 0 Å². The fraction of sp³-hybridized carbons (Fsp3) is 0.176. The molecule has 0 unspecified atom stereocenters. The van der Waals surface area contributed by atoms with Crippen molar-refractivity contribution in [3.8, 4) is 0 Å². The summed E-state index contributed by atoms with van der Waals surface area (Å²) in [6.45, 7) is 3.51. The number of aliphatic imine (C=N–C) groups is 1. The largest absolute Gasteiger partial charge is 0.365 e. The van der Waals surface area contributed by atoms with Gasteiger partial charge in [0.2, 0.25) is 0 Å². The van der Waals surface area contributed by atoms with Gasteiger partial charge in [-0.25, -0.2) is 4.98 Å². The Morgan fingerprint density at radius 2 is 2.00 bits per heavy atom. The molecule has 3 aromatic rings. The molecule has 0 saturated carbocycles. The quantitative estimate of drug-likeness (QED) is 0.761. The predicted octanol–water partition coefficient (Wildman–Crippen LogP) is 4.31. The van der Waals surface area contributed by atoms with E-state index >= 15 is 0 Å². The van der Waals surface area contributed by atoms with Crippen molar-refractivity contribution in [3.05, 3.63) is 63.1 Å². The van der Waals surface area contributed by atoms with Gasteiger partial charge in [-0.1, -0.05) is 23.7 Å². The molecule has 2 aromatic heterocycles. The summed E-state index contributed by atoms with van der Waals surface area (Å²) in [4.78, 5) is 11.6. The van der Waals surface area contributed by atoms with Gasteiger partial charge < -0.3 is 5.32 Å². The number of nitrogens with zero attached hydrogens (tertiary/aromatic N) is 2. The van der Waals surface area contributed by atoms with Crippen molar-refractivity contribution in [1.29, 1.82) is 0 Å². The summed E-state index contributed by atoms with van der Waals surface area (Å²) in [5.41, 5.74) is 3.54. The van der Waals surface area contributed by atoms with Crippen LogP contribution >= 0.6 is 22.9 Å². The first kappa shape index (κ1) is 13.7. The third-order valence-corrected chi connectivity index (χ3v) is 5.18. The molecule has 4 rings (SSSR count). The zero-order valence-corrected chi connectivity index (χ0v) is 13.6. The summed E-state index contributed by atoms with van der Waals surface area (Å²) in [5.74, 6) is 0.977. The van der Waals surface area contributed by atoms with E-state index in [1.807, 2.05) is 31.2 Å². The number of nitrogens with one attached hydrogen (secondary N) is 1. The molecule has 22 heavy (non-hydrogen) atoms. The molecule has 0 fully saturated rings. The summed E-state index contributed by atoms with van der Waals surface area (Å²) in [6.07, 6.45) is 0. The Morgan fingerprint density at radius 1 is 1.18 bits per heavy atom. The third-order valence-electron chi connectivity index (χ3n) is 3.78. The Hall–Kier alpha value is -1.91. The molecule has 0 aliphatic carbocycles. The molecule has 110 valence electrons. The van der Waals surface area contributed by atoms with Gasteiger partial charge in [-0.15, -0.1) is 11.3 Å². The number of hydrogen-bond acceptors (Lipinski definition) is 4. The molecule has 0 saturated heterocycles. The second kappa shape index (κ2) is 5.38. The number of fused-ring (bicyclic) bond motifs is 3. The highest BCUT2D eigenvalue weighted by molar-refractivity contribution is 7.20. The molecule has 1 aromatic carbocycles. The SMILES string of the molecule is Cc1ccc2c3c(sc2n1)C(NCc1ccc(Cl)cc1)=NC3. The van der Waals surface area contributed by atoms with Crippen molar-refractivity contribution in [1.82, 2.24) is 10.3 Å². The van der Waals surface area contributed by atoms with Gasteiger partial charge in [0.15, 0.2) is 0 Å². The number of hydrogen-bond donors (Lipinski definition) is 1. The zero-order chi connectivity index (χ0) is 15.1. The highest BCUT2D eigenvalue weighted by Crippen LogP contribution is 2.34. The number of thiophene rings is 1. The molecule has 3 nitrogen and oxygen atoms in total. The first-order chi connectivity index (χ1) is 10.7. The van der Waals surface area contributed by atoms with E-state index in [0.717, 1.165) is 34.5 Å². The van der Waals surface area contributed by atoms with Crippen molar-refractivity contribution >= 4 is 39.0 Å². The maximum atomic E-state index is 5.91. The number of halogens is 1. The van der Waals surface area contributed by atoms with Crippen LogP contribution in [0, 0.1) is 6.92 Å². The molecule has 0 atom stereocenters. The predicted molar refractivity (Wildman–Crippen MR) is 92.9 cm³/mol. The van der Waals surface area contributed by atoms with E-state index in [1.54, 1.807) is 11.3 Å². The van der Waals surface area contributed by atoms with Gasteiger partial charge in [-0.05, 0) is 36.8 Å². The molecular weight excluding hydrogens is 314 g/mol. The van der Waals surface area contributed by atoms with Crippen molar-refractivity contribution < 1.29 is 0 Å². The van der Waals surface area contributed by atoms with Crippen molar-refractivity contribution in [2.45, 2.75) is 20.0 Å². The lowest BCUT2D eigenvalue weighted by Crippen LogP contribution is -2.21. The van der Waals surface area contributed by atoms with Crippen LogP contribution in [0.2, 0.25) is 5.02 Å². The highest BCUT2D eigenvalue weighted by atomic mass is 35.5. The third kappa shape index (κ3) is 2.38. The maximum Gasteiger partial charge on any atom is 0.139 e. The Kier molecular flexibility index (Phi) is 3.36. The maximum absolute atomic E-state index is 5.91. The number of rotatable bonds is 2. The lowest BCUT2D eigenvalue weighted by molar-refractivity contribution is 0.912. The molecule has 3 heterocycles. The van der Waals surface area contributed by atoms with E-state index in [4.69, 9.17) is 11.6 Å². The Morgan fingerprint density at radius 3 is 2.82 bits per heavy atom. The molecule has 0 spiro atoms. The normalized spacial score (nSPS) is 13.3. The van der Waals surface area contributed by atoms with E-state index in [9.17, 15) is 0 Å². The van der Waals surface area contributed by atoms with Crippen LogP contribution in [-0.4, -0.2) is 10.8 Å². The molecule has 1 N–H and O–H groups in total. The minimum Gasteiger partial charge on any atom is -0.365 e. The van der Waals surface area contributed by atoms with E-state index in [1.165, 1.54) is 21.4 Å². The molecule has 0 radical (unpaired) electrons. The highest BCUT2D eigenvalue weighted by Gasteiger charge is 2.22. The summed E-state index contributed by atoms with van der Waals surface area (Å²) >= 11 is 7.64. The topological polar surface area (TPSA) is 37.3 Å². The smallest absolute Gasteiger partial charge is 0.139 e. The summed E-state index contributed by atoms with van der Waals surface area (Å²) in [6, 6.07) is 12.1. The summed E-state index contributed by atoms with van der Waals surface area (Å²) in [5, 5.41) is 5.43. The Bertz CT molecular complexity index is 881. The first-order valence-corrected chi connectivity index (χ1v) is 8.32. The lowest BCUT2D eigenvalue weighted by Gasteiger charge is -2.06. The average Bonchev–Trinajstić information content (AvgIpc) is 3.05. The second-order valence-corrected chi connectivity index (χ2v) is 6.80. The van der Waals surface area contributed by atoms with Crippen LogP contribution < -0.4 is 5.32 Å². The number of amidine groups is 1. The molecule has 1 aliphatic rings. The van der Waals surface area contributed by atoms with Crippen LogP contribution in [0.15, 0.2) is 41.4 Å². The van der Waals surface area contributed by atoms with Gasteiger partial charge in [0.05, 0.1) is 11.4 Å². The Balaban J connectivity index is 1.58. The van der Waals surface area contributed by atoms with Gasteiger partial charge in [0, 0.05) is 28.2 Å². The molecule has 1 aliphatic heterocycles. The van der Waals surface area contributed by atoms with E-state index in [2.05, 4.69) is 27.4 Å². The fourth-order valence-corrected chi connectivity index (χ4v) is 3.96. The van der Waals surface area contributed by atoms with E-state index < -0.39 is 0 Å². The molecular formula is C17H14ClN3S. The van der Waals surface area contributed by atoms with Crippen molar-refractivity contribution in [2.24, 2.45) is 4.99 Å².